The van der Waals surface area contributed by atoms with Crippen molar-refractivity contribution in [3.63, 3.8) is 0 Å². The van der Waals surface area contributed by atoms with Crippen molar-refractivity contribution in [1.29, 1.82) is 0 Å². The third-order valence-corrected chi connectivity index (χ3v) is 7.72. The molecule has 0 radical (unpaired) electrons. The molecule has 1 saturated carbocycles. The lowest BCUT2D eigenvalue weighted by Crippen LogP contribution is -2.42. The van der Waals surface area contributed by atoms with Gasteiger partial charge in [-0.1, -0.05) is 18.7 Å². The molecule has 0 unspecified atom stereocenters. The van der Waals surface area contributed by atoms with E-state index in [2.05, 4.69) is 27.1 Å². The van der Waals surface area contributed by atoms with Gasteiger partial charge >= 0.3 is 12.1 Å². The number of carboxylic acid groups (broad SMARTS) is 1. The quantitative estimate of drug-likeness (QED) is 0.274. The SMILES string of the molecule is CC1CCC(C(=O)N(c2ccc(Oc3ncc(CSc4ncn[nH]4)cc3C(F)(F)F)cc2C(=O)O)C(C)C)CC1. The van der Waals surface area contributed by atoms with E-state index in [0.717, 1.165) is 49.6 Å². The minimum Gasteiger partial charge on any atom is -0.478 e. The number of nitrogens with zero attached hydrogens (tertiary/aromatic N) is 4. The van der Waals surface area contributed by atoms with Crippen LogP contribution >= 0.6 is 11.8 Å². The summed E-state index contributed by atoms with van der Waals surface area (Å²) in [6.45, 7) is 5.73. The Labute approximate surface area is 233 Å². The predicted molar refractivity (Wildman–Crippen MR) is 142 cm³/mol. The van der Waals surface area contributed by atoms with Crippen molar-refractivity contribution in [1.82, 2.24) is 20.2 Å². The number of aromatic amines is 1. The second kappa shape index (κ2) is 12.3. The molecule has 2 heterocycles. The van der Waals surface area contributed by atoms with Gasteiger partial charge in [0, 0.05) is 23.9 Å². The molecule has 13 heteroatoms. The van der Waals surface area contributed by atoms with Crippen LogP contribution in [0.25, 0.3) is 0 Å². The summed E-state index contributed by atoms with van der Waals surface area (Å²) < 4.78 is 47.2. The Morgan fingerprint density at radius 3 is 2.50 bits per heavy atom. The first-order valence-electron chi connectivity index (χ1n) is 12.9. The summed E-state index contributed by atoms with van der Waals surface area (Å²) in [5.74, 6) is -1.86. The van der Waals surface area contributed by atoms with Gasteiger partial charge < -0.3 is 14.7 Å². The van der Waals surface area contributed by atoms with Gasteiger partial charge in [-0.2, -0.15) is 18.3 Å². The summed E-state index contributed by atoms with van der Waals surface area (Å²) in [7, 11) is 0. The van der Waals surface area contributed by atoms with Crippen molar-refractivity contribution < 1.29 is 32.6 Å². The molecule has 40 heavy (non-hydrogen) atoms. The maximum absolute atomic E-state index is 13.9. The van der Waals surface area contributed by atoms with Crippen LogP contribution in [0.2, 0.25) is 0 Å². The molecule has 2 N–H and O–H groups in total. The largest absolute Gasteiger partial charge is 0.478 e. The number of benzene rings is 1. The number of hydrogen-bond donors (Lipinski definition) is 2. The van der Waals surface area contributed by atoms with Crippen molar-refractivity contribution in [3.05, 3.63) is 53.5 Å². The smallest absolute Gasteiger partial charge is 0.421 e. The van der Waals surface area contributed by atoms with E-state index in [-0.39, 0.29) is 46.2 Å². The maximum atomic E-state index is 13.9. The van der Waals surface area contributed by atoms with Gasteiger partial charge in [-0.3, -0.25) is 9.89 Å². The fourth-order valence-corrected chi connectivity index (χ4v) is 5.40. The number of aromatic nitrogens is 4. The number of H-pyrrole nitrogens is 1. The highest BCUT2D eigenvalue weighted by molar-refractivity contribution is 7.98. The Hall–Kier alpha value is -3.61. The van der Waals surface area contributed by atoms with Gasteiger partial charge in [0.25, 0.3) is 0 Å². The van der Waals surface area contributed by atoms with Gasteiger partial charge in [0.15, 0.2) is 5.16 Å². The summed E-state index contributed by atoms with van der Waals surface area (Å²) >= 11 is 1.16. The van der Waals surface area contributed by atoms with E-state index in [1.165, 1.54) is 29.6 Å². The number of ether oxygens (including phenoxy) is 1. The number of pyridine rings is 1. The zero-order chi connectivity index (χ0) is 29.0. The molecule has 0 aliphatic heterocycles. The molecule has 0 spiro atoms. The minimum absolute atomic E-state index is 0.148. The Kier molecular flexibility index (Phi) is 9.02. The van der Waals surface area contributed by atoms with E-state index < -0.39 is 23.6 Å². The first-order valence-corrected chi connectivity index (χ1v) is 13.8. The lowest BCUT2D eigenvalue weighted by atomic mass is 9.82. The Bertz CT molecular complexity index is 1340. The standard InChI is InChI=1S/C27H30F3N5O4S/c1-15(2)35(24(36)18-6-4-16(3)5-7-18)22-9-8-19(11-20(22)25(37)38)39-23-21(27(28,29)30)10-17(12-31-23)13-40-26-32-14-33-34-26/h8-12,14-16,18H,4-7,13H2,1-3H3,(H,37,38)(H,32,33,34). The molecule has 1 amide bonds. The molecule has 1 aliphatic carbocycles. The number of hydrogen-bond acceptors (Lipinski definition) is 7. The molecule has 214 valence electrons. The number of amides is 1. The minimum atomic E-state index is -4.77. The summed E-state index contributed by atoms with van der Waals surface area (Å²) in [6.07, 6.45) is 1.08. The highest BCUT2D eigenvalue weighted by atomic mass is 32.2. The van der Waals surface area contributed by atoms with E-state index in [1.54, 1.807) is 13.8 Å². The number of carbonyl (C=O) groups excluding carboxylic acids is 1. The monoisotopic (exact) mass is 577 g/mol. The molecule has 0 bridgehead atoms. The lowest BCUT2D eigenvalue weighted by molar-refractivity contribution is -0.139. The highest BCUT2D eigenvalue weighted by Crippen LogP contribution is 2.39. The number of carbonyl (C=O) groups is 2. The molecular formula is C27H30F3N5O4S. The second-order valence-corrected chi connectivity index (χ2v) is 11.1. The van der Waals surface area contributed by atoms with Crippen LogP contribution in [0.3, 0.4) is 0 Å². The predicted octanol–water partition coefficient (Wildman–Crippen LogP) is 6.57. The average molecular weight is 578 g/mol. The molecule has 4 rings (SSSR count). The summed E-state index contributed by atoms with van der Waals surface area (Å²) in [6, 6.07) is 4.47. The van der Waals surface area contributed by atoms with Crippen LogP contribution in [0.1, 0.15) is 67.9 Å². The number of halogens is 3. The van der Waals surface area contributed by atoms with Crippen LogP contribution in [-0.2, 0) is 16.7 Å². The van der Waals surface area contributed by atoms with Crippen molar-refractivity contribution in [2.45, 2.75) is 69.6 Å². The van der Waals surface area contributed by atoms with E-state index in [4.69, 9.17) is 4.74 Å². The summed E-state index contributed by atoms with van der Waals surface area (Å²) in [5.41, 5.74) is -0.903. The van der Waals surface area contributed by atoms with Gasteiger partial charge in [0.2, 0.25) is 11.8 Å². The molecular weight excluding hydrogens is 547 g/mol. The third-order valence-electron chi connectivity index (χ3n) is 6.77. The molecule has 2 aromatic heterocycles. The van der Waals surface area contributed by atoms with E-state index in [1.807, 2.05) is 0 Å². The maximum Gasteiger partial charge on any atom is 0.421 e. The Morgan fingerprint density at radius 2 is 1.90 bits per heavy atom. The van der Waals surface area contributed by atoms with Gasteiger partial charge in [-0.25, -0.2) is 14.8 Å². The number of carboxylic acids is 1. The van der Waals surface area contributed by atoms with Crippen LogP contribution in [0, 0.1) is 11.8 Å². The van der Waals surface area contributed by atoms with Crippen molar-refractivity contribution >= 4 is 29.3 Å². The Morgan fingerprint density at radius 1 is 1.18 bits per heavy atom. The molecule has 0 saturated heterocycles. The van der Waals surface area contributed by atoms with E-state index >= 15 is 0 Å². The van der Waals surface area contributed by atoms with Crippen LogP contribution in [0.4, 0.5) is 18.9 Å². The van der Waals surface area contributed by atoms with Crippen LogP contribution < -0.4 is 9.64 Å². The van der Waals surface area contributed by atoms with Gasteiger partial charge in [0.05, 0.1) is 11.3 Å². The van der Waals surface area contributed by atoms with Crippen molar-refractivity contribution in [2.75, 3.05) is 4.90 Å². The van der Waals surface area contributed by atoms with Crippen LogP contribution in [0.15, 0.2) is 41.9 Å². The topological polar surface area (TPSA) is 121 Å². The van der Waals surface area contributed by atoms with Gasteiger partial charge in [-0.15, -0.1) is 0 Å². The molecule has 1 aliphatic rings. The number of rotatable bonds is 9. The third kappa shape index (κ3) is 6.93. The molecule has 1 fully saturated rings. The van der Waals surface area contributed by atoms with Crippen molar-refractivity contribution in [3.8, 4) is 11.6 Å². The van der Waals surface area contributed by atoms with Crippen LogP contribution in [0.5, 0.6) is 11.6 Å². The average Bonchev–Trinajstić information content (AvgIpc) is 3.42. The first kappa shape index (κ1) is 29.4. The highest BCUT2D eigenvalue weighted by Gasteiger charge is 2.36. The molecule has 0 atom stereocenters. The van der Waals surface area contributed by atoms with E-state index in [0.29, 0.717) is 11.1 Å². The first-order chi connectivity index (χ1) is 18.9. The number of thioether (sulfide) groups is 1. The fourth-order valence-electron chi connectivity index (χ4n) is 4.70. The molecule has 3 aromatic rings. The Balaban J connectivity index is 1.61. The number of aromatic carboxylic acids is 1. The number of anilines is 1. The summed E-state index contributed by atoms with van der Waals surface area (Å²) in [4.78, 5) is 35.0. The normalized spacial score (nSPS) is 17.6. The number of alkyl halides is 3. The summed E-state index contributed by atoms with van der Waals surface area (Å²) in [5, 5.41) is 16.7. The molecule has 1 aromatic carbocycles. The fraction of sp³-hybridized carbons (Fsp3) is 0.444. The molecule has 9 nitrogen and oxygen atoms in total. The van der Waals surface area contributed by atoms with Crippen LogP contribution in [-0.4, -0.2) is 43.2 Å². The zero-order valence-corrected chi connectivity index (χ0v) is 23.1. The van der Waals surface area contributed by atoms with E-state index in [9.17, 15) is 27.9 Å². The lowest BCUT2D eigenvalue weighted by Gasteiger charge is -2.34. The van der Waals surface area contributed by atoms with Crippen molar-refractivity contribution in [2.24, 2.45) is 11.8 Å². The van der Waals surface area contributed by atoms with Gasteiger partial charge in [-0.05, 0) is 75.3 Å². The van der Waals surface area contributed by atoms with Gasteiger partial charge in [0.1, 0.15) is 17.6 Å². The zero-order valence-electron chi connectivity index (χ0n) is 22.2. The number of nitrogens with one attached hydrogen (secondary N) is 1. The second-order valence-electron chi connectivity index (χ2n) is 10.1.